The lowest BCUT2D eigenvalue weighted by Gasteiger charge is -2.25. The third-order valence-corrected chi connectivity index (χ3v) is 15.5. The molecule has 32 nitrogen and oxygen atoms in total. The maximum atomic E-state index is 14.7. The predicted molar refractivity (Wildman–Crippen MR) is 354 cm³/mol. The van der Waals surface area contributed by atoms with E-state index in [2.05, 4.69) is 21.3 Å². The van der Waals surface area contributed by atoms with Gasteiger partial charge in [-0.2, -0.15) is 0 Å². The van der Waals surface area contributed by atoms with Gasteiger partial charge in [0.15, 0.2) is 17.4 Å². The van der Waals surface area contributed by atoms with Gasteiger partial charge in [-0.1, -0.05) is 12.1 Å². The van der Waals surface area contributed by atoms with E-state index in [0.717, 1.165) is 40.1 Å². The van der Waals surface area contributed by atoms with Crippen molar-refractivity contribution in [3.8, 4) is 28.2 Å². The number of ether oxygens (including phenoxy) is 3. The van der Waals surface area contributed by atoms with Gasteiger partial charge in [-0.05, 0) is 110 Å². The quantitative estimate of drug-likeness (QED) is 0.0145. The third kappa shape index (κ3) is 24.1. The molecule has 1 heterocycles. The van der Waals surface area contributed by atoms with Crippen molar-refractivity contribution in [3.63, 3.8) is 0 Å². The van der Waals surface area contributed by atoms with Gasteiger partial charge < -0.3 is 85.6 Å². The van der Waals surface area contributed by atoms with E-state index < -0.39 is 144 Å². The monoisotopic (exact) mass is 1450 g/mol. The number of benzene rings is 5. The first-order chi connectivity index (χ1) is 48.5. The Bertz CT molecular complexity index is 3990. The summed E-state index contributed by atoms with van der Waals surface area (Å²) in [4.78, 5) is 165. The SMILES string of the molecule is O=C(O)CN(CC(=O)O)C(CCCCNC(=O)c1cc(CN(CCOCCOCCOCCNC(=O)c2ccc(-c3c4cc(F)c(=O)cc-4oc4cc(O)c(F)cc34)c(C(=O)O)c2)C(=O)c2cccc(NC(=O)CCl)c2)cc(C(=O)NCCCCC(C(=O)O)N(CC(=O)O)CC(=O)O)c1)C(=O)O. The predicted octanol–water partition coefficient (Wildman–Crippen LogP) is 4.20. The summed E-state index contributed by atoms with van der Waals surface area (Å²) in [6.07, 6.45) is -0.0307. The number of carbonyl (C=O) groups excluding carboxylic acids is 5. The number of unbranched alkanes of at least 4 members (excludes halogenated alkanes) is 2. The number of hydrogen-bond donors (Lipinski definition) is 12. The van der Waals surface area contributed by atoms with Crippen LogP contribution in [0.2, 0.25) is 0 Å². The standard InChI is InChI=1S/C67H72ClF2N7O25/c68-31-55(80)74-42-7-5-6-39(25-42)64(92)75(15-17-100-19-21-101-20-18-99-16-14-73-61(89)38-10-11-43(44(26-38)65(93)94)60-45-27-47(69)51(78)29-53(45)102-54-30-52(79)48(70)28-46(54)60)32-37-22-40(62(90)71-12-3-1-8-49(66(95)96)76(33-56(81)82)34-57(83)84)24-41(23-37)63(91)72-13-4-2-9-50(67(97)98)77(35-58(85)86)36-59(87)88/h5-7,10-11,22-30,49-50,78H,1-4,8-9,12-21,31-36H2,(H,71,90)(H,72,91)(H,73,89)(H,74,80)(H,81,82)(H,83,84)(H,85,86)(H,87,88)(H,93,94)(H,95,96)(H,97,98). The van der Waals surface area contributed by atoms with Gasteiger partial charge >= 0.3 is 41.8 Å². The molecular formula is C67H72ClF2N7O25. The van der Waals surface area contributed by atoms with Crippen LogP contribution in [0.1, 0.15) is 95.9 Å². The molecule has 2 unspecified atom stereocenters. The number of nitrogens with one attached hydrogen (secondary N) is 4. The van der Waals surface area contributed by atoms with Crippen molar-refractivity contribution in [2.45, 2.75) is 57.2 Å². The highest BCUT2D eigenvalue weighted by atomic mass is 35.5. The van der Waals surface area contributed by atoms with Crippen LogP contribution in [0.5, 0.6) is 5.75 Å². The number of anilines is 1. The fourth-order valence-corrected chi connectivity index (χ4v) is 10.7. The largest absolute Gasteiger partial charge is 0.505 e. The maximum absolute atomic E-state index is 14.7. The smallest absolute Gasteiger partial charge is 0.336 e. The molecule has 6 rings (SSSR count). The van der Waals surface area contributed by atoms with Crippen molar-refractivity contribution >= 4 is 99.6 Å². The number of amides is 5. The summed E-state index contributed by atoms with van der Waals surface area (Å²) >= 11 is 5.71. The number of aliphatic carboxylic acids is 6. The molecule has 2 atom stereocenters. The van der Waals surface area contributed by atoms with E-state index >= 15 is 0 Å². The van der Waals surface area contributed by atoms with E-state index in [1.165, 1.54) is 59.5 Å². The number of nitrogens with zero attached hydrogens (tertiary/aromatic N) is 3. The second-order valence-electron chi connectivity index (χ2n) is 22.7. The number of halogens is 3. The molecule has 0 fully saturated rings. The Labute approximate surface area is 582 Å². The molecule has 12 N–H and O–H groups in total. The van der Waals surface area contributed by atoms with E-state index in [-0.39, 0.29) is 178 Å². The van der Waals surface area contributed by atoms with E-state index in [0.29, 0.717) is 0 Å². The first kappa shape index (κ1) is 79.9. The van der Waals surface area contributed by atoms with Gasteiger partial charge in [-0.25, -0.2) is 13.6 Å². The lowest BCUT2D eigenvalue weighted by Crippen LogP contribution is -2.46. The van der Waals surface area contributed by atoms with Gasteiger partial charge in [-0.15, -0.1) is 11.6 Å². The van der Waals surface area contributed by atoms with Crippen molar-refractivity contribution in [2.24, 2.45) is 0 Å². The number of aromatic carboxylic acids is 1. The van der Waals surface area contributed by atoms with Crippen molar-refractivity contribution in [3.05, 3.63) is 140 Å². The molecule has 2 aliphatic rings. The van der Waals surface area contributed by atoms with E-state index in [4.69, 9.17) is 30.2 Å². The number of phenolic OH excluding ortho intramolecular Hbond substituents is 1. The number of hydrogen-bond acceptors (Lipinski definition) is 20. The molecule has 5 amide bonds. The molecule has 0 saturated carbocycles. The Morgan fingerprint density at radius 3 is 1.60 bits per heavy atom. The number of fused-ring (bicyclic) bond motifs is 2. The molecule has 0 spiro atoms. The minimum absolute atomic E-state index is 0.0145. The van der Waals surface area contributed by atoms with Gasteiger partial charge in [0, 0.05) is 89.3 Å². The lowest BCUT2D eigenvalue weighted by atomic mass is 9.89. The molecular weight excluding hydrogens is 1380 g/mol. The molecule has 102 heavy (non-hydrogen) atoms. The highest BCUT2D eigenvalue weighted by Crippen LogP contribution is 2.43. The number of rotatable bonds is 44. The second kappa shape index (κ2) is 39.1. The van der Waals surface area contributed by atoms with Crippen LogP contribution in [0.25, 0.3) is 33.4 Å². The zero-order chi connectivity index (χ0) is 74.7. The van der Waals surface area contributed by atoms with Crippen molar-refractivity contribution in [2.75, 3.05) is 103 Å². The summed E-state index contributed by atoms with van der Waals surface area (Å²) in [6.45, 7) is -4.25. The van der Waals surface area contributed by atoms with Crippen LogP contribution in [0.15, 0.2) is 94.1 Å². The van der Waals surface area contributed by atoms with Gasteiger partial charge in [-0.3, -0.25) is 67.3 Å². The maximum Gasteiger partial charge on any atom is 0.336 e. The topological polar surface area (TPSA) is 482 Å². The van der Waals surface area contributed by atoms with Crippen LogP contribution in [-0.2, 0) is 54.3 Å². The highest BCUT2D eigenvalue weighted by molar-refractivity contribution is 6.29. The van der Waals surface area contributed by atoms with Crippen LogP contribution in [-0.4, -0.2) is 237 Å². The molecule has 35 heteroatoms. The van der Waals surface area contributed by atoms with Crippen LogP contribution in [0, 0.1) is 11.6 Å². The average molecular weight is 1450 g/mol. The van der Waals surface area contributed by atoms with Crippen LogP contribution < -0.4 is 26.7 Å². The van der Waals surface area contributed by atoms with E-state index in [9.17, 15) is 112 Å². The minimum Gasteiger partial charge on any atom is -0.505 e. The Kier molecular flexibility index (Phi) is 30.6. The lowest BCUT2D eigenvalue weighted by molar-refractivity contribution is -0.152. The van der Waals surface area contributed by atoms with Gasteiger partial charge in [0.1, 0.15) is 29.3 Å². The first-order valence-corrected chi connectivity index (χ1v) is 31.8. The minimum atomic E-state index is -1.52. The van der Waals surface area contributed by atoms with Crippen molar-refractivity contribution in [1.29, 1.82) is 0 Å². The molecule has 0 bridgehead atoms. The van der Waals surface area contributed by atoms with Crippen molar-refractivity contribution < 1.29 is 126 Å². The Morgan fingerprint density at radius 1 is 0.539 bits per heavy atom. The summed E-state index contributed by atoms with van der Waals surface area (Å²) in [5.74, 6) is -17.4. The second-order valence-corrected chi connectivity index (χ2v) is 23.0. The summed E-state index contributed by atoms with van der Waals surface area (Å²) in [5, 5.41) is 87.5. The van der Waals surface area contributed by atoms with Crippen molar-refractivity contribution in [1.82, 2.24) is 30.7 Å². The summed E-state index contributed by atoms with van der Waals surface area (Å²) in [6, 6.07) is 13.8. The number of carboxylic acid groups (broad SMARTS) is 7. The first-order valence-electron chi connectivity index (χ1n) is 31.3. The number of phenols is 1. The zero-order valence-corrected chi connectivity index (χ0v) is 55.0. The van der Waals surface area contributed by atoms with E-state index in [1.54, 1.807) is 0 Å². The number of aromatic hydroxyl groups is 1. The summed E-state index contributed by atoms with van der Waals surface area (Å²) in [7, 11) is 0. The molecule has 4 aromatic carbocycles. The van der Waals surface area contributed by atoms with Gasteiger partial charge in [0.25, 0.3) is 23.6 Å². The number of carbonyl (C=O) groups is 12. The molecule has 4 aromatic rings. The molecule has 0 aromatic heterocycles. The molecule has 1 aliphatic heterocycles. The van der Waals surface area contributed by atoms with Crippen LogP contribution in [0.4, 0.5) is 14.5 Å². The fraction of sp³-hybridized carbons (Fsp3) is 0.358. The Balaban J connectivity index is 1.09. The number of alkyl halides is 1. The van der Waals surface area contributed by atoms with Gasteiger partial charge in [0.05, 0.1) is 71.4 Å². The zero-order valence-electron chi connectivity index (χ0n) is 54.3. The number of carboxylic acids is 7. The Hall–Kier alpha value is -11.0. The van der Waals surface area contributed by atoms with Crippen LogP contribution >= 0.6 is 11.6 Å². The van der Waals surface area contributed by atoms with Gasteiger partial charge in [0.2, 0.25) is 11.3 Å². The normalized spacial score (nSPS) is 11.8. The van der Waals surface area contributed by atoms with Crippen LogP contribution in [0.3, 0.4) is 0 Å². The Morgan fingerprint density at radius 2 is 1.07 bits per heavy atom. The molecule has 1 aliphatic carbocycles. The fourth-order valence-electron chi connectivity index (χ4n) is 10.7. The molecule has 0 saturated heterocycles. The molecule has 0 radical (unpaired) electrons. The molecule has 546 valence electrons. The average Bonchev–Trinajstić information content (AvgIpc) is 0.741. The summed E-state index contributed by atoms with van der Waals surface area (Å²) < 4.78 is 52.1. The third-order valence-electron chi connectivity index (χ3n) is 15.3. The van der Waals surface area contributed by atoms with E-state index in [1.807, 2.05) is 0 Å². The summed E-state index contributed by atoms with van der Waals surface area (Å²) in [5.41, 5.74) is -1.71. The highest BCUT2D eigenvalue weighted by Gasteiger charge is 2.31.